The molecule has 0 aliphatic carbocycles. The van der Waals surface area contributed by atoms with E-state index in [0.717, 1.165) is 6.07 Å². The highest BCUT2D eigenvalue weighted by atomic mass is 19.2. The van der Waals surface area contributed by atoms with Crippen LogP contribution in [0.3, 0.4) is 0 Å². The Morgan fingerprint density at radius 3 is 2.45 bits per heavy atom. The lowest BCUT2D eigenvalue weighted by molar-refractivity contribution is 0.511. The summed E-state index contributed by atoms with van der Waals surface area (Å²) in [7, 11) is 3.45. The van der Waals surface area contributed by atoms with E-state index in [9.17, 15) is 8.78 Å². The molecule has 0 spiro atoms. The molecule has 1 aromatic heterocycles. The van der Waals surface area contributed by atoms with E-state index < -0.39 is 11.6 Å². The number of hydrogen-bond donors (Lipinski definition) is 3. The van der Waals surface area contributed by atoms with Gasteiger partial charge in [-0.1, -0.05) is 6.07 Å². The molecule has 0 fully saturated rings. The van der Waals surface area contributed by atoms with Gasteiger partial charge in [-0.05, 0) is 12.1 Å². The van der Waals surface area contributed by atoms with Gasteiger partial charge in [0, 0.05) is 14.1 Å². The number of nitrogens with one attached hydrogen (secondary N) is 2. The van der Waals surface area contributed by atoms with E-state index in [2.05, 4.69) is 25.7 Å². The summed E-state index contributed by atoms with van der Waals surface area (Å²) in [4.78, 5) is 13.6. The van der Waals surface area contributed by atoms with Crippen molar-refractivity contribution < 1.29 is 8.78 Å². The van der Waals surface area contributed by atoms with Gasteiger partial charge in [0.05, 0.1) is 5.69 Å². The number of nitrogen functional groups attached to an aromatic ring is 1. The molecule has 1 aromatic carbocycles. The van der Waals surface area contributed by atoms with E-state index >= 15 is 0 Å². The van der Waals surface area contributed by atoms with Crippen molar-refractivity contribution in [3.8, 4) is 0 Å². The molecule has 2 rings (SSSR count). The second-order valence-corrected chi connectivity index (χ2v) is 4.05. The lowest BCUT2D eigenvalue weighted by atomic mass is 10.3. The molecule has 0 atom stereocenters. The fraction of sp³-hybridized carbons (Fsp3) is 0.182. The van der Waals surface area contributed by atoms with Crippen LogP contribution >= 0.6 is 0 Å². The van der Waals surface area contributed by atoms with E-state index in [1.165, 1.54) is 12.1 Å². The second-order valence-electron chi connectivity index (χ2n) is 4.05. The van der Waals surface area contributed by atoms with Crippen LogP contribution in [0.1, 0.15) is 0 Å². The maximum Gasteiger partial charge on any atom is 0.243 e. The van der Waals surface area contributed by atoms with Gasteiger partial charge < -0.3 is 10.2 Å². The Labute approximate surface area is 113 Å². The Hall–Kier alpha value is -2.55. The van der Waals surface area contributed by atoms with Crippen molar-refractivity contribution in [2.24, 2.45) is 5.84 Å². The number of halogens is 2. The second kappa shape index (κ2) is 5.61. The molecule has 0 saturated heterocycles. The van der Waals surface area contributed by atoms with E-state index in [1.807, 2.05) is 0 Å². The summed E-state index contributed by atoms with van der Waals surface area (Å²) < 4.78 is 26.7. The first-order chi connectivity index (χ1) is 9.51. The van der Waals surface area contributed by atoms with Crippen molar-refractivity contribution in [1.29, 1.82) is 0 Å². The van der Waals surface area contributed by atoms with Crippen molar-refractivity contribution in [1.82, 2.24) is 15.0 Å². The van der Waals surface area contributed by atoms with Crippen molar-refractivity contribution in [2.75, 3.05) is 29.7 Å². The zero-order valence-corrected chi connectivity index (χ0v) is 10.9. The quantitative estimate of drug-likeness (QED) is 0.573. The Balaban J connectivity index is 2.37. The maximum atomic E-state index is 13.6. The summed E-state index contributed by atoms with van der Waals surface area (Å²) in [5, 5.41) is 2.58. The summed E-state index contributed by atoms with van der Waals surface area (Å²) in [6.07, 6.45) is 0. The normalized spacial score (nSPS) is 10.2. The molecule has 0 radical (unpaired) electrons. The van der Waals surface area contributed by atoms with E-state index in [1.54, 1.807) is 19.0 Å². The van der Waals surface area contributed by atoms with Crippen LogP contribution in [0.2, 0.25) is 0 Å². The number of rotatable bonds is 4. The predicted octanol–water partition coefficient (Wildman–Crippen LogP) is 1.24. The molecule has 0 saturated carbocycles. The van der Waals surface area contributed by atoms with E-state index in [0.29, 0.717) is 5.95 Å². The third kappa shape index (κ3) is 2.88. The molecule has 2 aromatic rings. The molecule has 20 heavy (non-hydrogen) atoms. The Morgan fingerprint density at radius 2 is 1.80 bits per heavy atom. The summed E-state index contributed by atoms with van der Waals surface area (Å²) in [5.74, 6) is 3.73. The summed E-state index contributed by atoms with van der Waals surface area (Å²) in [5.41, 5.74) is 2.20. The molecule has 106 valence electrons. The number of aromatic nitrogens is 3. The predicted molar refractivity (Wildman–Crippen MR) is 71.6 cm³/mol. The lowest BCUT2D eigenvalue weighted by Crippen LogP contribution is -2.18. The lowest BCUT2D eigenvalue weighted by Gasteiger charge is -2.13. The zero-order chi connectivity index (χ0) is 14.7. The molecule has 0 aliphatic rings. The Morgan fingerprint density at radius 1 is 1.10 bits per heavy atom. The van der Waals surface area contributed by atoms with Crippen LogP contribution in [0, 0.1) is 11.6 Å². The van der Waals surface area contributed by atoms with Gasteiger partial charge in [-0.3, -0.25) is 5.43 Å². The van der Waals surface area contributed by atoms with E-state index in [-0.39, 0.29) is 17.6 Å². The molecule has 7 nitrogen and oxygen atoms in total. The number of nitrogens with two attached hydrogens (primary N) is 1. The molecule has 0 unspecified atom stereocenters. The molecular formula is C11H13F2N7. The standard InChI is InChI=1S/C11H13F2N7/c1-20(2)11-17-9(16-10(18-11)19-14)15-7-5-3-4-6(12)8(7)13/h3-5H,14H2,1-2H3,(H2,15,16,17,18,19). The van der Waals surface area contributed by atoms with Crippen molar-refractivity contribution >= 4 is 23.5 Å². The van der Waals surface area contributed by atoms with Crippen LogP contribution in [-0.2, 0) is 0 Å². The first-order valence-electron chi connectivity index (χ1n) is 5.62. The largest absolute Gasteiger partial charge is 0.347 e. The molecule has 0 aliphatic heterocycles. The van der Waals surface area contributed by atoms with Crippen molar-refractivity contribution in [3.63, 3.8) is 0 Å². The van der Waals surface area contributed by atoms with Gasteiger partial charge in [0.15, 0.2) is 11.6 Å². The Bertz CT molecular complexity index is 618. The molecule has 4 N–H and O–H groups in total. The van der Waals surface area contributed by atoms with E-state index in [4.69, 9.17) is 5.84 Å². The fourth-order valence-electron chi connectivity index (χ4n) is 1.41. The van der Waals surface area contributed by atoms with Gasteiger partial charge in [-0.15, -0.1) is 0 Å². The zero-order valence-electron chi connectivity index (χ0n) is 10.9. The summed E-state index contributed by atoms with van der Waals surface area (Å²) in [6.45, 7) is 0. The number of nitrogens with zero attached hydrogens (tertiary/aromatic N) is 4. The highest BCUT2D eigenvalue weighted by molar-refractivity contribution is 5.56. The third-order valence-corrected chi connectivity index (χ3v) is 2.35. The number of benzene rings is 1. The van der Waals surface area contributed by atoms with Crippen molar-refractivity contribution in [2.45, 2.75) is 0 Å². The van der Waals surface area contributed by atoms with Crippen LogP contribution in [0.15, 0.2) is 18.2 Å². The number of hydrogen-bond acceptors (Lipinski definition) is 7. The summed E-state index contributed by atoms with van der Waals surface area (Å²) >= 11 is 0. The fourth-order valence-corrected chi connectivity index (χ4v) is 1.41. The van der Waals surface area contributed by atoms with Gasteiger partial charge >= 0.3 is 0 Å². The topological polar surface area (TPSA) is 92.0 Å². The van der Waals surface area contributed by atoms with Crippen molar-refractivity contribution in [3.05, 3.63) is 29.8 Å². The van der Waals surface area contributed by atoms with Gasteiger partial charge in [0.25, 0.3) is 0 Å². The average Bonchev–Trinajstić information content (AvgIpc) is 2.43. The van der Waals surface area contributed by atoms with Crippen LogP contribution in [-0.4, -0.2) is 29.0 Å². The molecule has 0 amide bonds. The first kappa shape index (κ1) is 13.9. The van der Waals surface area contributed by atoms with Gasteiger partial charge in [-0.2, -0.15) is 15.0 Å². The van der Waals surface area contributed by atoms with Crippen LogP contribution < -0.4 is 21.5 Å². The van der Waals surface area contributed by atoms with Gasteiger partial charge in [-0.25, -0.2) is 14.6 Å². The molecule has 9 heteroatoms. The molecular weight excluding hydrogens is 268 g/mol. The third-order valence-electron chi connectivity index (χ3n) is 2.35. The number of hydrazine groups is 1. The Kier molecular flexibility index (Phi) is 3.89. The average molecular weight is 281 g/mol. The minimum absolute atomic E-state index is 0.0427. The minimum atomic E-state index is -1.01. The maximum absolute atomic E-state index is 13.6. The monoisotopic (exact) mass is 281 g/mol. The SMILES string of the molecule is CN(C)c1nc(NN)nc(Nc2cccc(F)c2F)n1. The highest BCUT2D eigenvalue weighted by Gasteiger charge is 2.11. The minimum Gasteiger partial charge on any atom is -0.347 e. The van der Waals surface area contributed by atoms with Crippen LogP contribution in [0.5, 0.6) is 0 Å². The van der Waals surface area contributed by atoms with Crippen LogP contribution in [0.25, 0.3) is 0 Å². The van der Waals surface area contributed by atoms with Gasteiger partial charge in [0.1, 0.15) is 0 Å². The first-order valence-corrected chi connectivity index (χ1v) is 5.62. The molecule has 1 heterocycles. The van der Waals surface area contributed by atoms with Gasteiger partial charge in [0.2, 0.25) is 17.8 Å². The summed E-state index contributed by atoms with van der Waals surface area (Å²) in [6, 6.07) is 3.76. The smallest absolute Gasteiger partial charge is 0.243 e. The highest BCUT2D eigenvalue weighted by Crippen LogP contribution is 2.21. The molecule has 0 bridgehead atoms. The number of anilines is 4. The van der Waals surface area contributed by atoms with Crippen LogP contribution in [0.4, 0.5) is 32.3 Å².